The molecule has 1 fully saturated rings. The summed E-state index contributed by atoms with van der Waals surface area (Å²) in [5.41, 5.74) is 2.30. The van der Waals surface area contributed by atoms with Crippen LogP contribution in [0.25, 0.3) is 10.9 Å². The summed E-state index contributed by atoms with van der Waals surface area (Å²) in [4.78, 5) is 18.5. The fourth-order valence-electron chi connectivity index (χ4n) is 4.45. The lowest BCUT2D eigenvalue weighted by Crippen LogP contribution is -2.33. The Morgan fingerprint density at radius 2 is 1.73 bits per heavy atom. The van der Waals surface area contributed by atoms with E-state index >= 15 is 0 Å². The Kier molecular flexibility index (Phi) is 5.78. The van der Waals surface area contributed by atoms with Gasteiger partial charge < -0.3 is 14.5 Å². The highest BCUT2D eigenvalue weighted by Gasteiger charge is 2.32. The van der Waals surface area contributed by atoms with E-state index in [1.54, 1.807) is 18.9 Å². The van der Waals surface area contributed by atoms with Gasteiger partial charge in [-0.25, -0.2) is 4.68 Å². The molecule has 1 aliphatic heterocycles. The number of H-pyrrole nitrogens is 1. The van der Waals surface area contributed by atoms with E-state index < -0.39 is 0 Å². The van der Waals surface area contributed by atoms with Crippen molar-refractivity contribution in [3.63, 3.8) is 0 Å². The molecule has 0 radical (unpaired) electrons. The van der Waals surface area contributed by atoms with Crippen molar-refractivity contribution in [3.05, 3.63) is 75.8 Å². The standard InChI is InChI=1S/C24H26N6O3/c1-32-18-7-5-16(6-8-18)15-30-23(26-27-28-30)22(29-11-3-4-12-29)20-14-17-13-19(33-2)9-10-21(17)25-24(20)31/h5-10,13-14,22H,3-4,11-12,15H2,1-2H3,(H,25,31)/t22-/m0/s1. The molecule has 1 saturated heterocycles. The number of aromatic nitrogens is 5. The zero-order valence-electron chi connectivity index (χ0n) is 18.7. The third-order valence-electron chi connectivity index (χ3n) is 6.18. The molecule has 0 spiro atoms. The Balaban J connectivity index is 1.58. The average molecular weight is 447 g/mol. The molecule has 2 aromatic carbocycles. The zero-order valence-corrected chi connectivity index (χ0v) is 18.7. The number of pyridine rings is 1. The van der Waals surface area contributed by atoms with Crippen LogP contribution in [0.1, 0.15) is 35.8 Å². The highest BCUT2D eigenvalue weighted by molar-refractivity contribution is 5.80. The van der Waals surface area contributed by atoms with E-state index in [1.165, 1.54) is 0 Å². The quantitative estimate of drug-likeness (QED) is 0.466. The van der Waals surface area contributed by atoms with Gasteiger partial charge in [-0.15, -0.1) is 5.10 Å². The van der Waals surface area contributed by atoms with Gasteiger partial charge in [0.2, 0.25) is 0 Å². The first-order valence-electron chi connectivity index (χ1n) is 11.0. The first-order chi connectivity index (χ1) is 16.2. The summed E-state index contributed by atoms with van der Waals surface area (Å²) in [5, 5.41) is 13.5. The number of likely N-dealkylation sites (tertiary alicyclic amines) is 1. The van der Waals surface area contributed by atoms with Gasteiger partial charge in [0, 0.05) is 16.5 Å². The second-order valence-corrected chi connectivity index (χ2v) is 8.20. The van der Waals surface area contributed by atoms with Gasteiger partial charge in [0.1, 0.15) is 17.5 Å². The zero-order chi connectivity index (χ0) is 22.8. The molecule has 1 N–H and O–H groups in total. The molecule has 9 heteroatoms. The number of hydrogen-bond donors (Lipinski definition) is 1. The topological polar surface area (TPSA) is 98.2 Å². The van der Waals surface area contributed by atoms with E-state index in [1.807, 2.05) is 48.5 Å². The first-order valence-corrected chi connectivity index (χ1v) is 11.0. The summed E-state index contributed by atoms with van der Waals surface area (Å²) in [5.74, 6) is 2.19. The summed E-state index contributed by atoms with van der Waals surface area (Å²) >= 11 is 0. The second-order valence-electron chi connectivity index (χ2n) is 8.20. The number of aromatic amines is 1. The molecule has 170 valence electrons. The molecule has 0 aliphatic carbocycles. The predicted molar refractivity (Wildman–Crippen MR) is 124 cm³/mol. The van der Waals surface area contributed by atoms with Crippen LogP contribution >= 0.6 is 0 Å². The van der Waals surface area contributed by atoms with E-state index in [9.17, 15) is 4.79 Å². The van der Waals surface area contributed by atoms with Crippen molar-refractivity contribution in [2.75, 3.05) is 27.3 Å². The number of benzene rings is 2. The van der Waals surface area contributed by atoms with Gasteiger partial charge in [0.05, 0.1) is 20.8 Å². The van der Waals surface area contributed by atoms with Crippen LogP contribution in [0.4, 0.5) is 0 Å². The van der Waals surface area contributed by atoms with Crippen molar-refractivity contribution >= 4 is 10.9 Å². The molecule has 0 saturated carbocycles. The maximum absolute atomic E-state index is 13.2. The largest absolute Gasteiger partial charge is 0.497 e. The highest BCUT2D eigenvalue weighted by atomic mass is 16.5. The number of methoxy groups -OCH3 is 2. The summed E-state index contributed by atoms with van der Waals surface area (Å²) < 4.78 is 12.4. The SMILES string of the molecule is COc1ccc(Cn2nnnc2[C@H](c2cc3cc(OC)ccc3[nH]c2=O)N2CCCC2)cc1. The summed E-state index contributed by atoms with van der Waals surface area (Å²) in [6.07, 6.45) is 2.16. The summed E-state index contributed by atoms with van der Waals surface area (Å²) in [7, 11) is 3.28. The van der Waals surface area contributed by atoms with Crippen LogP contribution < -0.4 is 15.0 Å². The van der Waals surface area contributed by atoms with Gasteiger partial charge in [0.15, 0.2) is 5.82 Å². The van der Waals surface area contributed by atoms with Crippen molar-refractivity contribution in [1.82, 2.24) is 30.1 Å². The minimum absolute atomic E-state index is 0.136. The molecular formula is C24H26N6O3. The molecule has 9 nitrogen and oxygen atoms in total. The molecule has 2 aromatic heterocycles. The maximum Gasteiger partial charge on any atom is 0.253 e. The number of fused-ring (bicyclic) bond motifs is 1. The minimum atomic E-state index is -0.347. The van der Waals surface area contributed by atoms with E-state index in [0.717, 1.165) is 53.9 Å². The molecule has 33 heavy (non-hydrogen) atoms. The molecular weight excluding hydrogens is 420 g/mol. The molecule has 0 unspecified atom stereocenters. The van der Waals surface area contributed by atoms with Gasteiger partial charge in [0.25, 0.3) is 5.56 Å². The Morgan fingerprint density at radius 1 is 1.00 bits per heavy atom. The number of nitrogens with zero attached hydrogens (tertiary/aromatic N) is 5. The van der Waals surface area contributed by atoms with Crippen molar-refractivity contribution in [1.29, 1.82) is 0 Å². The van der Waals surface area contributed by atoms with Crippen LogP contribution in [0.5, 0.6) is 11.5 Å². The molecule has 1 aliphatic rings. The molecule has 0 amide bonds. The monoisotopic (exact) mass is 446 g/mol. The van der Waals surface area contributed by atoms with Crippen molar-refractivity contribution < 1.29 is 9.47 Å². The van der Waals surface area contributed by atoms with Crippen molar-refractivity contribution in [2.45, 2.75) is 25.4 Å². The van der Waals surface area contributed by atoms with Gasteiger partial charge in [-0.3, -0.25) is 9.69 Å². The van der Waals surface area contributed by atoms with E-state index in [0.29, 0.717) is 17.9 Å². The van der Waals surface area contributed by atoms with Gasteiger partial charge in [-0.05, 0) is 78.3 Å². The fraction of sp³-hybridized carbons (Fsp3) is 0.333. The molecule has 0 bridgehead atoms. The maximum atomic E-state index is 13.2. The van der Waals surface area contributed by atoms with Crippen molar-refractivity contribution in [3.8, 4) is 11.5 Å². The Morgan fingerprint density at radius 3 is 2.45 bits per heavy atom. The highest BCUT2D eigenvalue weighted by Crippen LogP contribution is 2.30. The third-order valence-corrected chi connectivity index (χ3v) is 6.18. The van der Waals surface area contributed by atoms with Crippen molar-refractivity contribution in [2.24, 2.45) is 0 Å². The number of rotatable bonds is 7. The Labute approximate surface area is 190 Å². The van der Waals surface area contributed by atoms with Crippen LogP contribution in [-0.2, 0) is 6.54 Å². The van der Waals surface area contributed by atoms with Crippen LogP contribution in [-0.4, -0.2) is 57.4 Å². The smallest absolute Gasteiger partial charge is 0.253 e. The van der Waals surface area contributed by atoms with Crippen LogP contribution in [0.3, 0.4) is 0 Å². The number of nitrogens with one attached hydrogen (secondary N) is 1. The summed E-state index contributed by atoms with van der Waals surface area (Å²) in [6, 6.07) is 15.0. The lowest BCUT2D eigenvalue weighted by molar-refractivity contribution is 0.263. The van der Waals surface area contributed by atoms with E-state index in [4.69, 9.17) is 9.47 Å². The second kappa shape index (κ2) is 9.03. The molecule has 1 atom stereocenters. The van der Waals surface area contributed by atoms with Gasteiger partial charge >= 0.3 is 0 Å². The number of hydrogen-bond acceptors (Lipinski definition) is 7. The lowest BCUT2D eigenvalue weighted by atomic mass is 10.0. The Hall–Kier alpha value is -3.72. The molecule has 5 rings (SSSR count). The van der Waals surface area contributed by atoms with E-state index in [2.05, 4.69) is 25.4 Å². The summed E-state index contributed by atoms with van der Waals surface area (Å²) in [6.45, 7) is 2.27. The molecule has 4 aromatic rings. The van der Waals surface area contributed by atoms with Crippen LogP contribution in [0.15, 0.2) is 53.3 Å². The third kappa shape index (κ3) is 4.19. The first kappa shape index (κ1) is 21.1. The normalized spacial score (nSPS) is 15.1. The van der Waals surface area contributed by atoms with E-state index in [-0.39, 0.29) is 11.6 Å². The Bertz CT molecular complexity index is 1310. The van der Waals surface area contributed by atoms with Crippen LogP contribution in [0, 0.1) is 0 Å². The number of tetrazole rings is 1. The number of ether oxygens (including phenoxy) is 2. The van der Waals surface area contributed by atoms with Gasteiger partial charge in [-0.2, -0.15) is 0 Å². The predicted octanol–water partition coefficient (Wildman–Crippen LogP) is 2.77. The lowest BCUT2D eigenvalue weighted by Gasteiger charge is -2.26. The van der Waals surface area contributed by atoms with Gasteiger partial charge in [-0.1, -0.05) is 12.1 Å². The van der Waals surface area contributed by atoms with Crippen LogP contribution in [0.2, 0.25) is 0 Å². The fourth-order valence-corrected chi connectivity index (χ4v) is 4.45. The minimum Gasteiger partial charge on any atom is -0.497 e. The molecule has 3 heterocycles. The average Bonchev–Trinajstić information content (AvgIpc) is 3.53.